The van der Waals surface area contributed by atoms with Crippen LogP contribution in [0.1, 0.15) is 33.2 Å². The Morgan fingerprint density at radius 1 is 1.55 bits per heavy atom. The van der Waals surface area contributed by atoms with Gasteiger partial charge in [-0.05, 0) is 27.2 Å². The Balaban J connectivity index is 1.98. The van der Waals surface area contributed by atoms with E-state index in [1.165, 1.54) is 12.4 Å². The van der Waals surface area contributed by atoms with Crippen LogP contribution < -0.4 is 0 Å². The summed E-state index contributed by atoms with van der Waals surface area (Å²) in [6.45, 7) is 6.46. The highest BCUT2D eigenvalue weighted by Gasteiger charge is 2.31. The molecule has 110 valence electrons. The fourth-order valence-electron chi connectivity index (χ4n) is 2.07. The molecule has 0 unspecified atom stereocenters. The number of carbonyl (C=O) groups is 1. The number of rotatable bonds is 2. The zero-order chi connectivity index (χ0) is 14.9. The average Bonchev–Trinajstić information content (AvgIpc) is 2.95. The van der Waals surface area contributed by atoms with Crippen molar-refractivity contribution >= 4 is 11.8 Å². The van der Waals surface area contributed by atoms with Crippen LogP contribution >= 0.6 is 0 Å². The molecule has 1 aliphatic heterocycles. The molecule has 8 nitrogen and oxygen atoms in total. The van der Waals surface area contributed by atoms with Gasteiger partial charge in [0.1, 0.15) is 18.0 Å². The van der Waals surface area contributed by atoms with E-state index in [0.717, 1.165) is 0 Å². The molecule has 0 N–H and O–H groups in total. The maximum atomic E-state index is 11.9. The molecule has 1 saturated heterocycles. The molecule has 0 spiro atoms. The van der Waals surface area contributed by atoms with Crippen LogP contribution in [0.5, 0.6) is 0 Å². The topological polar surface area (TPSA) is 90.5 Å². The molecule has 0 aliphatic carbocycles. The fraction of sp³-hybridized carbons (Fsp3) is 0.667. The maximum Gasteiger partial charge on any atom is 0.410 e. The lowest BCUT2D eigenvalue weighted by molar-refractivity contribution is -0.385. The molecular formula is C12H18N4O4. The summed E-state index contributed by atoms with van der Waals surface area (Å²) in [6.07, 6.45) is 2.96. The standard InChI is InChI=1S/C12H18N4O4/c1-12(2,3)20-11(17)14-5-4-9(7-14)15-8-10(6-13-15)16(18)19/h6,8-9H,4-5,7H2,1-3H3/t9-/m1/s1. The molecule has 1 fully saturated rings. The first-order valence-electron chi connectivity index (χ1n) is 6.43. The van der Waals surface area contributed by atoms with Crippen molar-refractivity contribution in [3.63, 3.8) is 0 Å². The highest BCUT2D eigenvalue weighted by atomic mass is 16.6. The third kappa shape index (κ3) is 3.25. The minimum Gasteiger partial charge on any atom is -0.444 e. The molecule has 0 saturated carbocycles. The van der Waals surface area contributed by atoms with E-state index in [9.17, 15) is 14.9 Å². The zero-order valence-electron chi connectivity index (χ0n) is 11.8. The number of nitrogens with zero attached hydrogens (tertiary/aromatic N) is 4. The Kier molecular flexibility index (Phi) is 3.65. The number of hydrogen-bond donors (Lipinski definition) is 0. The maximum absolute atomic E-state index is 11.9. The van der Waals surface area contributed by atoms with Crippen LogP contribution in [0.2, 0.25) is 0 Å². The third-order valence-corrected chi connectivity index (χ3v) is 2.99. The summed E-state index contributed by atoms with van der Waals surface area (Å²) < 4.78 is 6.84. The Morgan fingerprint density at radius 2 is 2.25 bits per heavy atom. The van der Waals surface area contributed by atoms with Crippen LogP contribution in [0.15, 0.2) is 12.4 Å². The van der Waals surface area contributed by atoms with Gasteiger partial charge in [-0.25, -0.2) is 4.79 Å². The second-order valence-corrected chi connectivity index (χ2v) is 5.80. The van der Waals surface area contributed by atoms with Crippen molar-refractivity contribution in [2.45, 2.75) is 38.8 Å². The number of nitro groups is 1. The normalized spacial score (nSPS) is 19.1. The number of hydrogen-bond acceptors (Lipinski definition) is 5. The molecule has 1 aromatic rings. The molecule has 2 heterocycles. The summed E-state index contributed by atoms with van der Waals surface area (Å²) in [7, 11) is 0. The van der Waals surface area contributed by atoms with Crippen LogP contribution in [0.4, 0.5) is 10.5 Å². The van der Waals surface area contributed by atoms with Crippen molar-refractivity contribution in [2.24, 2.45) is 0 Å². The van der Waals surface area contributed by atoms with Gasteiger partial charge in [0, 0.05) is 13.1 Å². The molecule has 8 heteroatoms. The van der Waals surface area contributed by atoms with E-state index in [-0.39, 0.29) is 17.8 Å². The minimum atomic E-state index is -0.528. The van der Waals surface area contributed by atoms with Crippen molar-refractivity contribution in [1.29, 1.82) is 0 Å². The van der Waals surface area contributed by atoms with Crippen molar-refractivity contribution in [3.05, 3.63) is 22.5 Å². The predicted molar refractivity (Wildman–Crippen MR) is 70.3 cm³/mol. The fourth-order valence-corrected chi connectivity index (χ4v) is 2.07. The van der Waals surface area contributed by atoms with Gasteiger partial charge in [0.25, 0.3) is 0 Å². The summed E-state index contributed by atoms with van der Waals surface area (Å²) in [5.74, 6) is 0. The third-order valence-electron chi connectivity index (χ3n) is 2.99. The lowest BCUT2D eigenvalue weighted by Gasteiger charge is -2.24. The molecular weight excluding hydrogens is 264 g/mol. The molecule has 0 aromatic carbocycles. The quantitative estimate of drug-likeness (QED) is 0.611. The van der Waals surface area contributed by atoms with Crippen molar-refractivity contribution < 1.29 is 14.5 Å². The second-order valence-electron chi connectivity index (χ2n) is 5.80. The number of likely N-dealkylation sites (tertiary alicyclic amines) is 1. The van der Waals surface area contributed by atoms with Gasteiger partial charge in [0.15, 0.2) is 0 Å². The van der Waals surface area contributed by atoms with E-state index >= 15 is 0 Å². The van der Waals surface area contributed by atoms with Gasteiger partial charge in [-0.2, -0.15) is 5.10 Å². The van der Waals surface area contributed by atoms with E-state index in [2.05, 4.69) is 5.10 Å². The number of aromatic nitrogens is 2. The van der Waals surface area contributed by atoms with Crippen molar-refractivity contribution in [2.75, 3.05) is 13.1 Å². The summed E-state index contributed by atoms with van der Waals surface area (Å²) in [6, 6.07) is -0.0452. The Bertz CT molecular complexity index is 520. The van der Waals surface area contributed by atoms with Crippen LogP contribution in [-0.4, -0.2) is 44.4 Å². The molecule has 1 amide bonds. The zero-order valence-corrected chi connectivity index (χ0v) is 11.8. The highest BCUT2D eigenvalue weighted by Crippen LogP contribution is 2.24. The van der Waals surface area contributed by atoms with Gasteiger partial charge in [0.2, 0.25) is 0 Å². The Morgan fingerprint density at radius 3 is 2.80 bits per heavy atom. The molecule has 0 radical (unpaired) electrons. The molecule has 1 atom stereocenters. The van der Waals surface area contributed by atoms with E-state index in [0.29, 0.717) is 19.5 Å². The second kappa shape index (κ2) is 5.10. The van der Waals surface area contributed by atoms with Crippen LogP contribution in [0, 0.1) is 10.1 Å². The molecule has 20 heavy (non-hydrogen) atoms. The van der Waals surface area contributed by atoms with Crippen molar-refractivity contribution in [3.8, 4) is 0 Å². The summed E-state index contributed by atoms with van der Waals surface area (Å²) >= 11 is 0. The first-order valence-corrected chi connectivity index (χ1v) is 6.43. The Hall–Kier alpha value is -2.12. The van der Waals surface area contributed by atoms with Gasteiger partial charge in [-0.15, -0.1) is 0 Å². The van der Waals surface area contributed by atoms with Gasteiger partial charge in [-0.1, -0.05) is 0 Å². The SMILES string of the molecule is CC(C)(C)OC(=O)N1CC[C@@H](n2cc([N+](=O)[O-])cn2)C1. The largest absolute Gasteiger partial charge is 0.444 e. The van der Waals surface area contributed by atoms with Gasteiger partial charge >= 0.3 is 11.8 Å². The molecule has 2 rings (SSSR count). The average molecular weight is 282 g/mol. The van der Waals surface area contributed by atoms with E-state index in [1.54, 1.807) is 9.58 Å². The van der Waals surface area contributed by atoms with Gasteiger partial charge < -0.3 is 9.64 Å². The van der Waals surface area contributed by atoms with Crippen LogP contribution in [0.3, 0.4) is 0 Å². The molecule has 0 bridgehead atoms. The lowest BCUT2D eigenvalue weighted by atomic mass is 10.2. The lowest BCUT2D eigenvalue weighted by Crippen LogP contribution is -2.35. The minimum absolute atomic E-state index is 0.0410. The van der Waals surface area contributed by atoms with Gasteiger partial charge in [-0.3, -0.25) is 14.8 Å². The summed E-state index contributed by atoms with van der Waals surface area (Å²) in [5.41, 5.74) is -0.569. The van der Waals surface area contributed by atoms with E-state index < -0.39 is 10.5 Å². The Labute approximate surface area is 116 Å². The number of amides is 1. The van der Waals surface area contributed by atoms with Gasteiger partial charge in [0.05, 0.1) is 11.0 Å². The van der Waals surface area contributed by atoms with E-state index in [1.807, 2.05) is 20.8 Å². The summed E-state index contributed by atoms with van der Waals surface area (Å²) in [4.78, 5) is 23.7. The summed E-state index contributed by atoms with van der Waals surface area (Å²) in [5, 5.41) is 14.6. The van der Waals surface area contributed by atoms with Crippen LogP contribution in [0.25, 0.3) is 0 Å². The van der Waals surface area contributed by atoms with Crippen molar-refractivity contribution in [1.82, 2.24) is 14.7 Å². The predicted octanol–water partition coefficient (Wildman–Crippen LogP) is 1.97. The molecule has 1 aromatic heterocycles. The van der Waals surface area contributed by atoms with Crippen LogP contribution in [-0.2, 0) is 4.74 Å². The number of ether oxygens (including phenoxy) is 1. The number of carbonyl (C=O) groups excluding carboxylic acids is 1. The highest BCUT2D eigenvalue weighted by molar-refractivity contribution is 5.68. The first kappa shape index (κ1) is 14.3. The first-order chi connectivity index (χ1) is 9.26. The smallest absolute Gasteiger partial charge is 0.410 e. The molecule has 1 aliphatic rings. The van der Waals surface area contributed by atoms with E-state index in [4.69, 9.17) is 4.74 Å². The monoisotopic (exact) mass is 282 g/mol.